The molecule has 2 fully saturated rings. The molecule has 1 aromatic heterocycles. The van der Waals surface area contributed by atoms with E-state index < -0.39 is 29.3 Å². The number of aromatic nitrogens is 1. The van der Waals surface area contributed by atoms with Crippen molar-refractivity contribution in [2.24, 2.45) is 23.1 Å². The van der Waals surface area contributed by atoms with Crippen LogP contribution in [0.3, 0.4) is 0 Å². The van der Waals surface area contributed by atoms with Crippen molar-refractivity contribution in [3.05, 3.63) is 22.9 Å². The molecule has 6 nitrogen and oxygen atoms in total. The summed E-state index contributed by atoms with van der Waals surface area (Å²) in [7, 11) is 0. The van der Waals surface area contributed by atoms with Gasteiger partial charge in [-0.2, -0.15) is 18.4 Å². The second kappa shape index (κ2) is 5.33. The number of anilines is 1. The van der Waals surface area contributed by atoms with E-state index in [1.807, 2.05) is 13.8 Å². The lowest BCUT2D eigenvalue weighted by atomic mass is 9.99. The maximum Gasteiger partial charge on any atom is 0.417 e. The van der Waals surface area contributed by atoms with Gasteiger partial charge < -0.3 is 4.90 Å². The van der Waals surface area contributed by atoms with Crippen molar-refractivity contribution in [3.63, 3.8) is 0 Å². The number of hydrogen-bond acceptors (Lipinski definition) is 5. The normalized spacial score (nSPS) is 26.8. The van der Waals surface area contributed by atoms with Gasteiger partial charge in [-0.3, -0.25) is 10.2 Å². The predicted molar refractivity (Wildman–Crippen MR) is 82.9 cm³/mol. The van der Waals surface area contributed by atoms with Crippen molar-refractivity contribution in [1.82, 2.24) is 10.4 Å². The van der Waals surface area contributed by atoms with Crippen LogP contribution in [0.1, 0.15) is 30.7 Å². The van der Waals surface area contributed by atoms with Gasteiger partial charge in [0.2, 0.25) is 0 Å². The lowest BCUT2D eigenvalue weighted by molar-refractivity contribution is -0.137. The molecule has 25 heavy (non-hydrogen) atoms. The van der Waals surface area contributed by atoms with E-state index in [0.29, 0.717) is 6.54 Å². The van der Waals surface area contributed by atoms with Crippen molar-refractivity contribution >= 4 is 11.7 Å². The van der Waals surface area contributed by atoms with Crippen LogP contribution in [0.25, 0.3) is 0 Å². The van der Waals surface area contributed by atoms with Crippen molar-refractivity contribution in [2.45, 2.75) is 33.0 Å². The van der Waals surface area contributed by atoms with E-state index >= 15 is 0 Å². The second-order valence-electron chi connectivity index (χ2n) is 7.18. The largest absolute Gasteiger partial charge is 0.417 e. The zero-order chi connectivity index (χ0) is 18.7. The Bertz CT molecular complexity index is 783. The number of nitriles is 1. The summed E-state index contributed by atoms with van der Waals surface area (Å²) in [5.41, 5.74) is 0.517. The highest BCUT2D eigenvalue weighted by Crippen LogP contribution is 2.65. The number of carbonyl (C=O) groups excluding carboxylic acids is 1. The first-order valence-corrected chi connectivity index (χ1v) is 7.80. The van der Waals surface area contributed by atoms with Gasteiger partial charge in [0, 0.05) is 12.2 Å². The molecule has 1 aliphatic heterocycles. The van der Waals surface area contributed by atoms with Crippen LogP contribution in [0, 0.1) is 35.5 Å². The van der Waals surface area contributed by atoms with Crippen molar-refractivity contribution in [1.29, 1.82) is 5.26 Å². The molecule has 3 rings (SSSR count). The average Bonchev–Trinajstić information content (AvgIpc) is 2.88. The molecule has 1 amide bonds. The van der Waals surface area contributed by atoms with Gasteiger partial charge in [-0.05, 0) is 30.2 Å². The first-order chi connectivity index (χ1) is 11.5. The highest BCUT2D eigenvalue weighted by molar-refractivity contribution is 5.87. The molecule has 9 heteroatoms. The van der Waals surface area contributed by atoms with Crippen LogP contribution in [0.2, 0.25) is 0 Å². The molecular weight excluding hydrogens is 335 g/mol. The van der Waals surface area contributed by atoms with Gasteiger partial charge >= 0.3 is 6.18 Å². The van der Waals surface area contributed by atoms with E-state index in [2.05, 4.69) is 10.4 Å². The molecule has 0 radical (unpaired) electrons. The zero-order valence-electron chi connectivity index (χ0n) is 14.0. The van der Waals surface area contributed by atoms with Gasteiger partial charge in [-0.1, -0.05) is 13.8 Å². The quantitative estimate of drug-likeness (QED) is 0.480. The van der Waals surface area contributed by atoms with Crippen molar-refractivity contribution < 1.29 is 18.0 Å². The van der Waals surface area contributed by atoms with E-state index in [0.717, 1.165) is 6.07 Å². The fraction of sp³-hybridized carbons (Fsp3) is 0.562. The molecule has 1 aromatic rings. The molecule has 3 N–H and O–H groups in total. The molecule has 1 aliphatic carbocycles. The van der Waals surface area contributed by atoms with Gasteiger partial charge in [0.1, 0.15) is 23.5 Å². The zero-order valence-corrected chi connectivity index (χ0v) is 14.0. The van der Waals surface area contributed by atoms with E-state index in [9.17, 15) is 23.2 Å². The Morgan fingerprint density at radius 3 is 2.68 bits per heavy atom. The summed E-state index contributed by atoms with van der Waals surface area (Å²) in [5.74, 6) is 4.77. The van der Waals surface area contributed by atoms with E-state index in [-0.39, 0.29) is 28.8 Å². The van der Waals surface area contributed by atoms with Gasteiger partial charge in [0.25, 0.3) is 5.91 Å². The molecule has 2 heterocycles. The molecule has 1 saturated carbocycles. The molecule has 0 bridgehead atoms. The summed E-state index contributed by atoms with van der Waals surface area (Å²) in [6.45, 7) is 5.80. The number of hydrogen-bond donors (Lipinski definition) is 2. The SMILES string of the molecule is Cc1cc(C(F)(F)F)c(C#N)c(N2C[C@@H]3[C@H]([C@H]2C(=O)NN)C3(C)C)n1. The number of rotatable bonds is 2. The monoisotopic (exact) mass is 353 g/mol. The third kappa shape index (κ3) is 2.52. The number of piperidine rings is 1. The fourth-order valence-corrected chi connectivity index (χ4v) is 4.09. The molecule has 3 atom stereocenters. The Morgan fingerprint density at radius 1 is 1.52 bits per heavy atom. The second-order valence-corrected chi connectivity index (χ2v) is 7.18. The minimum Gasteiger partial charge on any atom is -0.343 e. The lowest BCUT2D eigenvalue weighted by Crippen LogP contribution is -2.50. The number of carbonyl (C=O) groups is 1. The Morgan fingerprint density at radius 2 is 2.16 bits per heavy atom. The Kier molecular flexibility index (Phi) is 3.73. The Hall–Kier alpha value is -2.34. The van der Waals surface area contributed by atoms with Gasteiger partial charge in [0.05, 0.1) is 5.56 Å². The van der Waals surface area contributed by atoms with Crippen LogP contribution in [-0.2, 0) is 11.0 Å². The molecular formula is C16H18F3N5O. The third-order valence-corrected chi connectivity index (χ3v) is 5.44. The molecule has 0 spiro atoms. The fourth-order valence-electron chi connectivity index (χ4n) is 4.09. The standard InChI is InChI=1S/C16H18F3N5O/c1-7-4-9(16(17,18)19)8(5-20)13(22-7)24-6-10-11(15(10,2)3)12(24)14(25)23-21/h4,10-12H,6,21H2,1-3H3,(H,23,25)/t10-,11-,12+/m1/s1. The van der Waals surface area contributed by atoms with E-state index in [1.54, 1.807) is 6.07 Å². The topological polar surface area (TPSA) is 95.0 Å². The van der Waals surface area contributed by atoms with Crippen molar-refractivity contribution in [3.8, 4) is 6.07 Å². The number of nitrogens with one attached hydrogen (secondary N) is 1. The summed E-state index contributed by atoms with van der Waals surface area (Å²) >= 11 is 0. The van der Waals surface area contributed by atoms with Crippen LogP contribution >= 0.6 is 0 Å². The number of amides is 1. The average molecular weight is 353 g/mol. The number of nitrogens with zero attached hydrogens (tertiary/aromatic N) is 3. The Balaban J connectivity index is 2.12. The number of nitrogens with two attached hydrogens (primary N) is 1. The maximum atomic E-state index is 13.3. The number of fused-ring (bicyclic) bond motifs is 1. The third-order valence-electron chi connectivity index (χ3n) is 5.44. The Labute approximate surface area is 142 Å². The van der Waals surface area contributed by atoms with Crippen LogP contribution in [0.5, 0.6) is 0 Å². The van der Waals surface area contributed by atoms with E-state index in [1.165, 1.54) is 11.8 Å². The van der Waals surface area contributed by atoms with Gasteiger partial charge in [-0.25, -0.2) is 10.8 Å². The number of alkyl halides is 3. The summed E-state index contributed by atoms with van der Waals surface area (Å²) in [5, 5.41) is 9.33. The van der Waals surface area contributed by atoms with Crippen LogP contribution in [0.4, 0.5) is 19.0 Å². The first-order valence-electron chi connectivity index (χ1n) is 7.80. The van der Waals surface area contributed by atoms with Crippen molar-refractivity contribution in [2.75, 3.05) is 11.4 Å². The first kappa shape index (κ1) is 17.5. The molecule has 134 valence electrons. The molecule has 0 unspecified atom stereocenters. The van der Waals surface area contributed by atoms with Crippen LogP contribution < -0.4 is 16.2 Å². The van der Waals surface area contributed by atoms with E-state index in [4.69, 9.17) is 5.84 Å². The number of pyridine rings is 1. The lowest BCUT2D eigenvalue weighted by Gasteiger charge is -2.31. The summed E-state index contributed by atoms with van der Waals surface area (Å²) in [6, 6.07) is 1.72. The van der Waals surface area contributed by atoms with Crippen LogP contribution in [0.15, 0.2) is 6.07 Å². The minimum absolute atomic E-state index is 0.0424. The highest BCUT2D eigenvalue weighted by atomic mass is 19.4. The number of halogens is 3. The minimum atomic E-state index is -4.68. The van der Waals surface area contributed by atoms with Gasteiger partial charge in [0.15, 0.2) is 0 Å². The summed E-state index contributed by atoms with van der Waals surface area (Å²) < 4.78 is 39.9. The maximum absolute atomic E-state index is 13.3. The molecule has 1 saturated heterocycles. The molecule has 2 aliphatic rings. The number of hydrazine groups is 1. The molecule has 0 aromatic carbocycles. The number of aryl methyl sites for hydroxylation is 1. The predicted octanol–water partition coefficient (Wildman–Crippen LogP) is 1.73. The highest BCUT2D eigenvalue weighted by Gasteiger charge is 2.69. The smallest absolute Gasteiger partial charge is 0.343 e. The summed E-state index contributed by atoms with van der Waals surface area (Å²) in [6.07, 6.45) is -4.68. The van der Waals surface area contributed by atoms with Crippen LogP contribution in [-0.4, -0.2) is 23.5 Å². The van der Waals surface area contributed by atoms with Gasteiger partial charge in [-0.15, -0.1) is 0 Å². The summed E-state index contributed by atoms with van der Waals surface area (Å²) in [4.78, 5) is 17.9.